The van der Waals surface area contributed by atoms with Gasteiger partial charge in [-0.25, -0.2) is 19.5 Å². The number of carbonyl (C=O) groups excluding carboxylic acids is 2. The molecule has 0 aliphatic carbocycles. The first-order chi connectivity index (χ1) is 13.7. The highest BCUT2D eigenvalue weighted by Gasteiger charge is 2.30. The highest BCUT2D eigenvalue weighted by Crippen LogP contribution is 2.26. The number of rotatable bonds is 6. The van der Waals surface area contributed by atoms with E-state index < -0.39 is 17.7 Å². The Hall–Kier alpha value is -3.23. The lowest BCUT2D eigenvalue weighted by Gasteiger charge is -2.26. The number of methoxy groups -OCH3 is 2. The van der Waals surface area contributed by atoms with Crippen molar-refractivity contribution in [3.05, 3.63) is 46.4 Å². The fourth-order valence-electron chi connectivity index (χ4n) is 2.23. The minimum atomic E-state index is -0.844. The summed E-state index contributed by atoms with van der Waals surface area (Å²) in [6.07, 6.45) is -0.602. The third-order valence-corrected chi connectivity index (χ3v) is 4.42. The molecule has 0 saturated heterocycles. The molecule has 1 aromatic heterocycles. The Balaban J connectivity index is 2.37. The zero-order valence-corrected chi connectivity index (χ0v) is 17.6. The van der Waals surface area contributed by atoms with Crippen molar-refractivity contribution in [3.8, 4) is 5.75 Å². The fraction of sp³-hybridized carbons (Fsp3) is 0.368. The molecule has 1 heterocycles. The molecule has 0 bridgehead atoms. The Morgan fingerprint density at radius 2 is 1.86 bits per heavy atom. The van der Waals surface area contributed by atoms with E-state index in [2.05, 4.69) is 14.5 Å². The summed E-state index contributed by atoms with van der Waals surface area (Å²) in [5.74, 6) is -0.153. The fourth-order valence-corrected chi connectivity index (χ4v) is 3.03. The molecule has 154 valence electrons. The van der Waals surface area contributed by atoms with Crippen molar-refractivity contribution in [2.75, 3.05) is 19.1 Å². The van der Waals surface area contributed by atoms with Gasteiger partial charge in [-0.15, -0.1) is 11.3 Å². The van der Waals surface area contributed by atoms with Crippen LogP contribution >= 0.6 is 11.3 Å². The van der Waals surface area contributed by atoms with Crippen LogP contribution in [0, 0.1) is 0 Å². The summed E-state index contributed by atoms with van der Waals surface area (Å²) >= 11 is 1.10. The molecule has 0 radical (unpaired) electrons. The van der Waals surface area contributed by atoms with Crippen molar-refractivity contribution in [2.24, 2.45) is 0 Å². The third kappa shape index (κ3) is 5.87. The second kappa shape index (κ2) is 9.31. The van der Waals surface area contributed by atoms with E-state index in [4.69, 9.17) is 15.0 Å². The molecule has 1 amide bonds. The quantitative estimate of drug-likeness (QED) is 0.308. The van der Waals surface area contributed by atoms with Crippen molar-refractivity contribution in [1.29, 1.82) is 0 Å². The molecule has 10 heteroatoms. The molecule has 2 aromatic rings. The monoisotopic (exact) mass is 418 g/mol. The van der Waals surface area contributed by atoms with E-state index in [0.29, 0.717) is 5.75 Å². The molecule has 0 atom stereocenters. The zero-order valence-electron chi connectivity index (χ0n) is 16.8. The third-order valence-electron chi connectivity index (χ3n) is 3.56. The van der Waals surface area contributed by atoms with Crippen molar-refractivity contribution < 1.29 is 28.6 Å². The van der Waals surface area contributed by atoms with Gasteiger partial charge in [0, 0.05) is 5.38 Å². The molecule has 1 aromatic carbocycles. The second-order valence-electron chi connectivity index (χ2n) is 6.87. The number of esters is 1. The normalized spacial score (nSPS) is 10.7. The summed E-state index contributed by atoms with van der Waals surface area (Å²) in [7, 11) is 2.73. The zero-order chi connectivity index (χ0) is 21.6. The Morgan fingerprint density at radius 1 is 1.21 bits per heavy atom. The molecule has 0 saturated carbocycles. The van der Waals surface area contributed by atoms with Crippen molar-refractivity contribution >= 4 is 34.2 Å². The van der Waals surface area contributed by atoms with Gasteiger partial charge in [0.05, 0.1) is 20.8 Å². The van der Waals surface area contributed by atoms with E-state index in [-0.39, 0.29) is 23.1 Å². The molecule has 0 N–H and O–H groups in total. The number of nitrogens with zero attached hydrogens (tertiary/aromatic N) is 4. The van der Waals surface area contributed by atoms with Gasteiger partial charge in [-0.2, -0.15) is 4.79 Å². The van der Waals surface area contributed by atoms with E-state index >= 15 is 0 Å². The predicted octanol–water partition coefficient (Wildman–Crippen LogP) is 3.29. The first kappa shape index (κ1) is 22.1. The Morgan fingerprint density at radius 3 is 2.38 bits per heavy atom. The summed E-state index contributed by atoms with van der Waals surface area (Å²) in [6, 6.07) is 7.20. The summed E-state index contributed by atoms with van der Waals surface area (Å²) in [4.78, 5) is 33.1. The molecule has 0 unspecified atom stereocenters. The van der Waals surface area contributed by atoms with Crippen LogP contribution in [0.3, 0.4) is 0 Å². The summed E-state index contributed by atoms with van der Waals surface area (Å²) in [5.41, 5.74) is 8.95. The average Bonchev–Trinajstić information content (AvgIpc) is 3.14. The molecule has 2 rings (SSSR count). The molecule has 9 nitrogen and oxygen atoms in total. The highest BCUT2D eigenvalue weighted by molar-refractivity contribution is 7.14. The molecule has 29 heavy (non-hydrogen) atoms. The van der Waals surface area contributed by atoms with Crippen LogP contribution in [0.25, 0.3) is 5.53 Å². The van der Waals surface area contributed by atoms with Gasteiger partial charge >= 0.3 is 17.8 Å². The smallest absolute Gasteiger partial charge is 0.425 e. The SMILES string of the molecule is COC(=O)C(=[N+]=[N-])c1csc(N(Cc2ccc(OC)cc2)C(=O)OC(C)(C)C)n1. The molecule has 0 fully saturated rings. The average molecular weight is 418 g/mol. The van der Waals surface area contributed by atoms with Gasteiger partial charge in [-0.3, -0.25) is 0 Å². The van der Waals surface area contributed by atoms with E-state index in [1.165, 1.54) is 10.3 Å². The number of hydrogen-bond acceptors (Lipinski definition) is 7. The van der Waals surface area contributed by atoms with Crippen LogP contribution in [0.4, 0.5) is 9.93 Å². The Labute approximate surface area is 172 Å². The number of aromatic nitrogens is 1. The number of hydrogen-bond donors (Lipinski definition) is 0. The highest BCUT2D eigenvalue weighted by atomic mass is 32.1. The van der Waals surface area contributed by atoms with Crippen LogP contribution in [0.2, 0.25) is 0 Å². The second-order valence-corrected chi connectivity index (χ2v) is 7.71. The van der Waals surface area contributed by atoms with E-state index in [1.54, 1.807) is 40.0 Å². The molecular weight excluding hydrogens is 396 g/mol. The maximum Gasteiger partial charge on any atom is 0.425 e. The van der Waals surface area contributed by atoms with Gasteiger partial charge in [0.25, 0.3) is 0 Å². The topological polar surface area (TPSA) is 114 Å². The van der Waals surface area contributed by atoms with Crippen molar-refractivity contribution in [1.82, 2.24) is 4.98 Å². The molecular formula is C19H22N4O5S. The van der Waals surface area contributed by atoms with Crippen molar-refractivity contribution in [3.63, 3.8) is 0 Å². The lowest BCUT2D eigenvalue weighted by Crippen LogP contribution is -2.36. The van der Waals surface area contributed by atoms with Crippen LogP contribution < -0.4 is 9.64 Å². The van der Waals surface area contributed by atoms with Gasteiger partial charge in [0.15, 0.2) is 10.8 Å². The van der Waals surface area contributed by atoms with E-state index in [1.807, 2.05) is 12.1 Å². The number of carbonyl (C=O) groups is 2. The largest absolute Gasteiger partial charge is 0.497 e. The van der Waals surface area contributed by atoms with Gasteiger partial charge in [-0.05, 0) is 38.5 Å². The van der Waals surface area contributed by atoms with Gasteiger partial charge < -0.3 is 19.7 Å². The number of anilines is 1. The molecule has 0 aliphatic heterocycles. The number of amides is 1. The molecule has 0 aliphatic rings. The first-order valence-electron chi connectivity index (χ1n) is 8.58. The standard InChI is InChI=1S/C19H22N4O5S/c1-19(2,3)28-18(25)23(10-12-6-8-13(26-4)9-7-12)17-21-14(11-29-17)15(22-20)16(24)27-5/h6-9,11H,10H2,1-5H3. The maximum atomic E-state index is 12.8. The predicted molar refractivity (Wildman–Crippen MR) is 107 cm³/mol. The van der Waals surface area contributed by atoms with Crippen molar-refractivity contribution in [2.45, 2.75) is 32.9 Å². The minimum Gasteiger partial charge on any atom is -0.497 e. The Bertz CT molecular complexity index is 927. The summed E-state index contributed by atoms with van der Waals surface area (Å²) < 4.78 is 15.2. The minimum absolute atomic E-state index is 0.0858. The first-order valence-corrected chi connectivity index (χ1v) is 9.46. The molecule has 0 spiro atoms. The van der Waals surface area contributed by atoms with Gasteiger partial charge in [-0.1, -0.05) is 12.1 Å². The van der Waals surface area contributed by atoms with Gasteiger partial charge in [0.1, 0.15) is 11.4 Å². The van der Waals surface area contributed by atoms with E-state index in [0.717, 1.165) is 24.0 Å². The summed E-state index contributed by atoms with van der Waals surface area (Å²) in [5, 5.41) is 1.77. The lowest BCUT2D eigenvalue weighted by atomic mass is 10.2. The van der Waals surface area contributed by atoms with Crippen LogP contribution in [0.15, 0.2) is 29.6 Å². The number of benzene rings is 1. The number of ether oxygens (including phenoxy) is 3. The summed E-state index contributed by atoms with van der Waals surface area (Å²) in [6.45, 7) is 5.46. The van der Waals surface area contributed by atoms with Crippen LogP contribution in [0.5, 0.6) is 5.75 Å². The number of thiazole rings is 1. The lowest BCUT2D eigenvalue weighted by molar-refractivity contribution is -0.137. The van der Waals surface area contributed by atoms with Crippen LogP contribution in [0.1, 0.15) is 32.0 Å². The van der Waals surface area contributed by atoms with Gasteiger partial charge in [0.2, 0.25) is 0 Å². The van der Waals surface area contributed by atoms with Crippen LogP contribution in [-0.4, -0.2) is 47.4 Å². The maximum absolute atomic E-state index is 12.8. The van der Waals surface area contributed by atoms with Crippen LogP contribution in [-0.2, 0) is 20.8 Å². The Kier molecular flexibility index (Phi) is 7.08. The van der Waals surface area contributed by atoms with E-state index in [9.17, 15) is 9.59 Å².